The number of nitrogens with two attached hydrogens (primary N) is 1. The maximum atomic E-state index is 9.47. The molecule has 0 aromatic heterocycles. The molecule has 0 bridgehead atoms. The van der Waals surface area contributed by atoms with Gasteiger partial charge in [0.2, 0.25) is 5.91 Å². The van der Waals surface area contributed by atoms with E-state index in [9.17, 15) is 4.79 Å². The zero-order valence-corrected chi connectivity index (χ0v) is 6.60. The summed E-state index contributed by atoms with van der Waals surface area (Å²) < 4.78 is 0. The molecule has 6 nitrogen and oxygen atoms in total. The lowest BCUT2D eigenvalue weighted by atomic mass is 10.4. The third-order valence-electron chi connectivity index (χ3n) is 0.623. The van der Waals surface area contributed by atoms with Crippen molar-refractivity contribution in [3.63, 3.8) is 0 Å². The molecule has 7 N–H and O–H groups in total. The summed E-state index contributed by atoms with van der Waals surface area (Å²) >= 11 is 0. The van der Waals surface area contributed by atoms with Crippen molar-refractivity contribution in [1.82, 2.24) is 0 Å². The van der Waals surface area contributed by atoms with Crippen molar-refractivity contribution in [2.45, 2.75) is 6.10 Å². The van der Waals surface area contributed by atoms with Crippen LogP contribution in [-0.2, 0) is 4.79 Å². The number of rotatable bonds is 3. The number of amides is 1. The number of aliphatic hydroxyl groups excluding tert-OH is 3. The van der Waals surface area contributed by atoms with Crippen LogP contribution in [0.5, 0.6) is 0 Å². The normalized spacial score (nSPS) is 7.67. The Balaban J connectivity index is -0.000000126. The van der Waals surface area contributed by atoms with Crippen molar-refractivity contribution in [2.75, 3.05) is 13.2 Å². The predicted octanol–water partition coefficient (Wildman–Crippen LogP) is -2.84. The Bertz CT molecular complexity index is 113. The van der Waals surface area contributed by atoms with Crippen LogP contribution in [0.2, 0.25) is 0 Å². The Labute approximate surface area is 70.2 Å². The summed E-state index contributed by atoms with van der Waals surface area (Å²) in [7, 11) is 0. The van der Waals surface area contributed by atoms with Crippen LogP contribution in [0.25, 0.3) is 0 Å². The fourth-order valence-electron chi connectivity index (χ4n) is 0.0577. The van der Waals surface area contributed by atoms with Crippen molar-refractivity contribution < 1.29 is 25.6 Å². The molecule has 0 spiro atoms. The summed E-state index contributed by atoms with van der Waals surface area (Å²) in [6.07, 6.45) is 0.102. The molecule has 0 aliphatic heterocycles. The minimum absolute atomic E-state index is 0. The maximum absolute atomic E-state index is 9.47. The second-order valence-electron chi connectivity index (χ2n) is 1.63. The first-order chi connectivity index (χ1) is 5.08. The van der Waals surface area contributed by atoms with Gasteiger partial charge in [-0.1, -0.05) is 6.58 Å². The second-order valence-corrected chi connectivity index (χ2v) is 1.63. The summed E-state index contributed by atoms with van der Waals surface area (Å²) in [4.78, 5) is 9.47. The number of carbonyl (C=O) groups excluding carboxylic acids is 1. The fourth-order valence-corrected chi connectivity index (χ4v) is 0.0577. The lowest BCUT2D eigenvalue weighted by Gasteiger charge is -1.96. The molecule has 0 atom stereocenters. The SMILES string of the molecule is C=CC(N)=O.O.OCC(O)CO. The molecule has 0 heterocycles. The third-order valence-corrected chi connectivity index (χ3v) is 0.623. The zero-order chi connectivity index (χ0) is 9.28. The molecule has 6 heteroatoms. The standard InChI is InChI=1S/C3H5NO.C3H8O3.H2O/c1-2-3(4)5;4-1-3(6)2-5;/h2H,1H2,(H2,4,5);3-6H,1-2H2;1H2. The Hall–Kier alpha value is -0.950. The zero-order valence-electron chi connectivity index (χ0n) is 6.60. The van der Waals surface area contributed by atoms with Gasteiger partial charge in [0.05, 0.1) is 13.2 Å². The molecule has 0 aromatic carbocycles. The molecule has 0 saturated heterocycles. The average molecular weight is 181 g/mol. The van der Waals surface area contributed by atoms with Crippen LogP contribution < -0.4 is 5.73 Å². The summed E-state index contributed by atoms with van der Waals surface area (Å²) in [5, 5.41) is 24.0. The van der Waals surface area contributed by atoms with E-state index < -0.39 is 12.0 Å². The quantitative estimate of drug-likeness (QED) is 0.349. The topological polar surface area (TPSA) is 135 Å². The molecule has 0 saturated carbocycles. The highest BCUT2D eigenvalue weighted by atomic mass is 16.3. The Morgan fingerprint density at radius 2 is 1.75 bits per heavy atom. The van der Waals surface area contributed by atoms with Crippen LogP contribution in [0.15, 0.2) is 12.7 Å². The molecule has 74 valence electrons. The monoisotopic (exact) mass is 181 g/mol. The molecular formula is C6H15NO5. The van der Waals surface area contributed by atoms with Crippen LogP contribution >= 0.6 is 0 Å². The Kier molecular flexibility index (Phi) is 18.2. The summed E-state index contributed by atoms with van der Waals surface area (Å²) in [5.74, 6) is -0.481. The number of primary amides is 1. The van der Waals surface area contributed by atoms with E-state index in [1.807, 2.05) is 0 Å². The van der Waals surface area contributed by atoms with E-state index in [4.69, 9.17) is 15.3 Å². The minimum Gasteiger partial charge on any atom is -0.412 e. The van der Waals surface area contributed by atoms with E-state index in [-0.39, 0.29) is 18.7 Å². The largest absolute Gasteiger partial charge is 0.412 e. The number of hydrogen-bond donors (Lipinski definition) is 4. The predicted molar refractivity (Wildman–Crippen MR) is 43.2 cm³/mol. The number of carbonyl (C=O) groups is 1. The molecule has 0 rings (SSSR count). The van der Waals surface area contributed by atoms with Gasteiger partial charge in [0, 0.05) is 0 Å². The molecule has 0 aliphatic rings. The van der Waals surface area contributed by atoms with Gasteiger partial charge < -0.3 is 26.5 Å². The van der Waals surface area contributed by atoms with Crippen molar-refractivity contribution in [3.05, 3.63) is 12.7 Å². The first-order valence-electron chi connectivity index (χ1n) is 2.90. The molecule has 0 aromatic rings. The van der Waals surface area contributed by atoms with Gasteiger partial charge in [0.15, 0.2) is 0 Å². The highest BCUT2D eigenvalue weighted by molar-refractivity contribution is 5.84. The molecule has 0 fully saturated rings. The average Bonchev–Trinajstić information content (AvgIpc) is 2.04. The number of aliphatic hydroxyl groups is 3. The van der Waals surface area contributed by atoms with Gasteiger partial charge in [-0.3, -0.25) is 4.79 Å². The van der Waals surface area contributed by atoms with Gasteiger partial charge in [0.1, 0.15) is 6.10 Å². The summed E-state index contributed by atoms with van der Waals surface area (Å²) in [6.45, 7) is 2.36. The van der Waals surface area contributed by atoms with Gasteiger partial charge in [-0.15, -0.1) is 0 Å². The van der Waals surface area contributed by atoms with Crippen LogP contribution in [0.3, 0.4) is 0 Å². The van der Waals surface area contributed by atoms with E-state index in [1.54, 1.807) is 0 Å². The lowest BCUT2D eigenvalue weighted by Crippen LogP contribution is -2.15. The van der Waals surface area contributed by atoms with Gasteiger partial charge in [-0.2, -0.15) is 0 Å². The van der Waals surface area contributed by atoms with Crippen LogP contribution in [0.4, 0.5) is 0 Å². The minimum atomic E-state index is -0.954. The molecule has 0 aliphatic carbocycles. The summed E-state index contributed by atoms with van der Waals surface area (Å²) in [6, 6.07) is 0. The van der Waals surface area contributed by atoms with Crippen LogP contribution in [0, 0.1) is 0 Å². The third kappa shape index (κ3) is 23.0. The fraction of sp³-hybridized carbons (Fsp3) is 0.500. The van der Waals surface area contributed by atoms with Crippen molar-refractivity contribution in [3.8, 4) is 0 Å². The molecule has 0 radical (unpaired) electrons. The first kappa shape index (κ1) is 17.2. The highest BCUT2D eigenvalue weighted by Gasteiger charge is 1.93. The maximum Gasteiger partial charge on any atom is 0.240 e. The Morgan fingerprint density at radius 3 is 1.75 bits per heavy atom. The van der Waals surface area contributed by atoms with E-state index in [2.05, 4.69) is 12.3 Å². The number of hydrogen-bond acceptors (Lipinski definition) is 4. The van der Waals surface area contributed by atoms with E-state index in [0.717, 1.165) is 6.08 Å². The van der Waals surface area contributed by atoms with E-state index in [1.165, 1.54) is 0 Å². The van der Waals surface area contributed by atoms with Gasteiger partial charge >= 0.3 is 0 Å². The molecule has 0 unspecified atom stereocenters. The first-order valence-corrected chi connectivity index (χ1v) is 2.90. The van der Waals surface area contributed by atoms with E-state index >= 15 is 0 Å². The summed E-state index contributed by atoms with van der Waals surface area (Å²) in [5.41, 5.74) is 4.53. The molecular weight excluding hydrogens is 166 g/mol. The highest BCUT2D eigenvalue weighted by Crippen LogP contribution is 1.71. The van der Waals surface area contributed by atoms with Crippen molar-refractivity contribution >= 4 is 5.91 Å². The van der Waals surface area contributed by atoms with Crippen molar-refractivity contribution in [1.29, 1.82) is 0 Å². The molecule has 1 amide bonds. The smallest absolute Gasteiger partial charge is 0.240 e. The second kappa shape index (κ2) is 12.7. The van der Waals surface area contributed by atoms with Gasteiger partial charge in [-0.05, 0) is 6.08 Å². The van der Waals surface area contributed by atoms with Crippen LogP contribution in [-0.4, -0.2) is 46.0 Å². The van der Waals surface area contributed by atoms with Gasteiger partial charge in [0.25, 0.3) is 0 Å². The van der Waals surface area contributed by atoms with E-state index in [0.29, 0.717) is 0 Å². The van der Waals surface area contributed by atoms with Crippen molar-refractivity contribution in [2.24, 2.45) is 5.73 Å². The van der Waals surface area contributed by atoms with Crippen LogP contribution in [0.1, 0.15) is 0 Å². The lowest BCUT2D eigenvalue weighted by molar-refractivity contribution is -0.113. The van der Waals surface area contributed by atoms with Gasteiger partial charge in [-0.25, -0.2) is 0 Å². The Morgan fingerprint density at radius 1 is 1.50 bits per heavy atom. The molecule has 12 heavy (non-hydrogen) atoms.